The average molecular weight is 768 g/mol. The lowest BCUT2D eigenvalue weighted by molar-refractivity contribution is -0.151. The van der Waals surface area contributed by atoms with Crippen LogP contribution >= 0.6 is 11.6 Å². The molecule has 2 saturated heterocycles. The zero-order valence-electron chi connectivity index (χ0n) is 31.8. The van der Waals surface area contributed by atoms with E-state index in [0.717, 1.165) is 76.5 Å². The number of amides is 2. The highest BCUT2D eigenvalue weighted by Crippen LogP contribution is 2.38. The molecule has 56 heavy (non-hydrogen) atoms. The Labute approximate surface area is 332 Å². The van der Waals surface area contributed by atoms with Crippen LogP contribution in [0.2, 0.25) is 5.02 Å². The molecule has 0 saturated carbocycles. The number of benzene rings is 4. The van der Waals surface area contributed by atoms with E-state index in [9.17, 15) is 14.7 Å². The summed E-state index contributed by atoms with van der Waals surface area (Å²) >= 11 is 6.54. The number of H-pyrrole nitrogens is 2. The molecule has 6 aromatic rings. The third-order valence-corrected chi connectivity index (χ3v) is 11.6. The number of halogens is 1. The van der Waals surface area contributed by atoms with Gasteiger partial charge in [0.05, 0.1) is 35.9 Å². The van der Waals surface area contributed by atoms with Crippen molar-refractivity contribution in [2.45, 2.75) is 56.3 Å². The zero-order chi connectivity index (χ0) is 39.0. The Morgan fingerprint density at radius 2 is 1.21 bits per heavy atom. The van der Waals surface area contributed by atoms with Crippen molar-refractivity contribution in [3.8, 4) is 33.6 Å². The molecular weight excluding hydrogens is 722 g/mol. The lowest BCUT2D eigenvalue weighted by Gasteiger charge is -2.32. The van der Waals surface area contributed by atoms with Crippen LogP contribution in [0.15, 0.2) is 116 Å². The Balaban J connectivity index is 0.933. The molecule has 2 fully saturated rings. The van der Waals surface area contributed by atoms with Gasteiger partial charge in [-0.05, 0) is 86.1 Å². The lowest BCUT2D eigenvalue weighted by Crippen LogP contribution is -2.45. The molecule has 286 valence electrons. The van der Waals surface area contributed by atoms with Crippen molar-refractivity contribution in [1.29, 1.82) is 0 Å². The maximum absolute atomic E-state index is 14.0. The summed E-state index contributed by atoms with van der Waals surface area (Å²) in [5, 5.41) is 11.8. The first kappa shape index (κ1) is 37.4. The highest BCUT2D eigenvalue weighted by Gasteiger charge is 2.42. The standard InChI is InChI=1S/C45H46ClN7O3/c1-45(56,33-11-5-4-6-12-33)44(55)53-26-10-16-39(53)42-48-28-37(50-42)32-23-19-30(20-24-32)29-17-21-31(22-18-29)36-27-47-41(49-36)38-15-9-25-52(38)43(54)40(51(2)3)34-13-7-8-14-35(34)46/h4-8,11-14,17-24,27-28,38-40,56H,9-10,15-16,25-26H2,1-3H3,(H,47,49)(H,48,50)/t38-,39-,40+,45+/m0/s1. The molecule has 8 rings (SSSR count). The third-order valence-electron chi connectivity index (χ3n) is 11.3. The molecule has 0 radical (unpaired) electrons. The van der Waals surface area contributed by atoms with Crippen LogP contribution in [0.1, 0.15) is 73.5 Å². The smallest absolute Gasteiger partial charge is 0.259 e. The van der Waals surface area contributed by atoms with E-state index in [4.69, 9.17) is 16.6 Å². The molecule has 0 aliphatic carbocycles. The van der Waals surface area contributed by atoms with Crippen LogP contribution in [-0.4, -0.2) is 78.7 Å². The summed E-state index contributed by atoms with van der Waals surface area (Å²) in [6, 6.07) is 32.5. The molecule has 3 N–H and O–H groups in total. The molecule has 0 spiro atoms. The summed E-state index contributed by atoms with van der Waals surface area (Å²) in [7, 11) is 3.82. The molecule has 4 heterocycles. The molecule has 0 bridgehead atoms. The van der Waals surface area contributed by atoms with Gasteiger partial charge in [-0.3, -0.25) is 14.5 Å². The quantitative estimate of drug-likeness (QED) is 0.129. The van der Waals surface area contributed by atoms with E-state index in [1.807, 2.05) is 78.8 Å². The van der Waals surface area contributed by atoms with Crippen LogP contribution in [-0.2, 0) is 15.2 Å². The molecule has 2 aliphatic heterocycles. The van der Waals surface area contributed by atoms with E-state index in [0.29, 0.717) is 23.7 Å². The number of rotatable bonds is 10. The van der Waals surface area contributed by atoms with Gasteiger partial charge in [0.25, 0.3) is 5.91 Å². The van der Waals surface area contributed by atoms with Gasteiger partial charge in [0.15, 0.2) is 5.60 Å². The number of carbonyl (C=O) groups is 2. The monoisotopic (exact) mass is 767 g/mol. The fourth-order valence-corrected chi connectivity index (χ4v) is 8.49. The maximum atomic E-state index is 14.0. The van der Waals surface area contributed by atoms with Gasteiger partial charge in [0, 0.05) is 18.1 Å². The van der Waals surface area contributed by atoms with E-state index < -0.39 is 11.6 Å². The first-order valence-electron chi connectivity index (χ1n) is 19.2. The minimum absolute atomic E-state index is 0.0218. The molecule has 4 atom stereocenters. The Bertz CT molecular complexity index is 2320. The summed E-state index contributed by atoms with van der Waals surface area (Å²) in [4.78, 5) is 49.6. The molecule has 0 unspecified atom stereocenters. The number of hydrogen-bond acceptors (Lipinski definition) is 6. The minimum atomic E-state index is -1.62. The van der Waals surface area contributed by atoms with Crippen molar-refractivity contribution in [2.75, 3.05) is 27.2 Å². The number of aliphatic hydroxyl groups is 1. The molecule has 10 nitrogen and oxygen atoms in total. The zero-order valence-corrected chi connectivity index (χ0v) is 32.6. The maximum Gasteiger partial charge on any atom is 0.259 e. The fraction of sp³-hybridized carbons (Fsp3) is 0.289. The normalized spacial score (nSPS) is 18.7. The second kappa shape index (κ2) is 15.5. The third kappa shape index (κ3) is 7.16. The van der Waals surface area contributed by atoms with Crippen LogP contribution < -0.4 is 0 Å². The van der Waals surface area contributed by atoms with Crippen LogP contribution in [0.25, 0.3) is 33.6 Å². The predicted molar refractivity (Wildman–Crippen MR) is 218 cm³/mol. The van der Waals surface area contributed by atoms with Crippen molar-refractivity contribution in [2.24, 2.45) is 0 Å². The Kier molecular flexibility index (Phi) is 10.4. The number of likely N-dealkylation sites (tertiary alicyclic amines) is 2. The fourth-order valence-electron chi connectivity index (χ4n) is 8.25. The van der Waals surface area contributed by atoms with Gasteiger partial charge in [0.2, 0.25) is 5.91 Å². The van der Waals surface area contributed by atoms with Crippen molar-refractivity contribution in [3.63, 3.8) is 0 Å². The van der Waals surface area contributed by atoms with Crippen LogP contribution in [0, 0.1) is 0 Å². The topological polar surface area (TPSA) is 121 Å². The Morgan fingerprint density at radius 3 is 1.75 bits per heavy atom. The van der Waals surface area contributed by atoms with Crippen LogP contribution in [0.3, 0.4) is 0 Å². The summed E-state index contributed by atoms with van der Waals surface area (Å²) in [5.41, 5.74) is 5.69. The van der Waals surface area contributed by atoms with Gasteiger partial charge >= 0.3 is 0 Å². The van der Waals surface area contributed by atoms with Gasteiger partial charge in [-0.2, -0.15) is 0 Å². The van der Waals surface area contributed by atoms with Crippen molar-refractivity contribution in [1.82, 2.24) is 34.6 Å². The first-order valence-corrected chi connectivity index (χ1v) is 19.6. The number of hydrogen-bond donors (Lipinski definition) is 3. The number of nitrogens with zero attached hydrogens (tertiary/aromatic N) is 5. The number of carbonyl (C=O) groups excluding carboxylic acids is 2. The number of nitrogens with one attached hydrogen (secondary N) is 2. The number of aromatic amines is 2. The largest absolute Gasteiger partial charge is 0.376 e. The second-order valence-electron chi connectivity index (χ2n) is 15.2. The highest BCUT2D eigenvalue weighted by atomic mass is 35.5. The van der Waals surface area contributed by atoms with E-state index in [1.165, 1.54) is 0 Å². The van der Waals surface area contributed by atoms with Crippen LogP contribution in [0.5, 0.6) is 0 Å². The molecule has 2 amide bonds. The summed E-state index contributed by atoms with van der Waals surface area (Å²) in [5.74, 6) is 1.21. The summed E-state index contributed by atoms with van der Waals surface area (Å²) in [6.45, 7) is 2.81. The van der Waals surface area contributed by atoms with E-state index in [1.54, 1.807) is 24.0 Å². The van der Waals surface area contributed by atoms with Crippen LogP contribution in [0.4, 0.5) is 0 Å². The Hall–Kier alpha value is -5.55. The summed E-state index contributed by atoms with van der Waals surface area (Å²) < 4.78 is 0. The van der Waals surface area contributed by atoms with E-state index in [2.05, 4.69) is 63.5 Å². The number of aromatic nitrogens is 4. The average Bonchev–Trinajstić information content (AvgIpc) is 4.06. The number of imidazole rings is 2. The minimum Gasteiger partial charge on any atom is -0.376 e. The van der Waals surface area contributed by atoms with Crippen molar-refractivity contribution in [3.05, 3.63) is 143 Å². The molecule has 2 aromatic heterocycles. The SMILES string of the molecule is CN(C)[C@@H](C(=O)N1CCC[C@H]1c1ncc(-c2ccc(-c3ccc(-c4cnc([C@@H]5CCCN5C(=O)[C@](C)(O)c5ccccc5)[nH]4)cc3)cc2)[nH]1)c1ccccc1Cl. The number of likely N-dealkylation sites (N-methyl/N-ethyl adjacent to an activating group) is 1. The second-order valence-corrected chi connectivity index (χ2v) is 15.6. The van der Waals surface area contributed by atoms with E-state index in [-0.39, 0.29) is 23.9 Å². The van der Waals surface area contributed by atoms with E-state index >= 15 is 0 Å². The molecule has 2 aliphatic rings. The first-order chi connectivity index (χ1) is 27.1. The van der Waals surface area contributed by atoms with Crippen molar-refractivity contribution >= 4 is 23.4 Å². The lowest BCUT2D eigenvalue weighted by atomic mass is 9.94. The Morgan fingerprint density at radius 1 is 0.732 bits per heavy atom. The highest BCUT2D eigenvalue weighted by molar-refractivity contribution is 6.31. The van der Waals surface area contributed by atoms with Gasteiger partial charge < -0.3 is 24.9 Å². The predicted octanol–water partition coefficient (Wildman–Crippen LogP) is 8.32. The van der Waals surface area contributed by atoms with Gasteiger partial charge in [-0.1, -0.05) is 109 Å². The van der Waals surface area contributed by atoms with Gasteiger partial charge in [0.1, 0.15) is 17.7 Å². The summed E-state index contributed by atoms with van der Waals surface area (Å²) in [6.07, 6.45) is 7.03. The van der Waals surface area contributed by atoms with Gasteiger partial charge in [-0.25, -0.2) is 9.97 Å². The van der Waals surface area contributed by atoms with Crippen molar-refractivity contribution < 1.29 is 14.7 Å². The molecular formula is C45H46ClN7O3. The molecule has 4 aromatic carbocycles. The van der Waals surface area contributed by atoms with Gasteiger partial charge in [-0.15, -0.1) is 0 Å². The molecule has 11 heteroatoms.